The second kappa shape index (κ2) is 8.46. The van der Waals surface area contributed by atoms with Crippen LogP contribution < -0.4 is 5.32 Å². The second-order valence-corrected chi connectivity index (χ2v) is 9.80. The maximum absolute atomic E-state index is 12.2. The van der Waals surface area contributed by atoms with Crippen molar-refractivity contribution < 1.29 is 8.42 Å². The smallest absolute Gasteiger partial charge is 0.242 e. The van der Waals surface area contributed by atoms with Crippen LogP contribution in [0.1, 0.15) is 11.8 Å². The molecule has 0 saturated carbocycles. The summed E-state index contributed by atoms with van der Waals surface area (Å²) in [6, 6.07) is 10.5. The van der Waals surface area contributed by atoms with Crippen LogP contribution >= 0.6 is 35.2 Å². The van der Waals surface area contributed by atoms with Gasteiger partial charge in [0, 0.05) is 31.2 Å². The lowest BCUT2D eigenvalue weighted by atomic mass is 10.3. The number of hydrogen-bond donors (Lipinski definition) is 1. The first-order valence-corrected chi connectivity index (χ1v) is 10.6. The molecule has 0 atom stereocenters. The molecule has 1 aromatic heterocycles. The summed E-state index contributed by atoms with van der Waals surface area (Å²) in [5, 5.41) is 3.65. The zero-order valence-electron chi connectivity index (χ0n) is 14.2. The SMILES string of the molecule is CCN(Cc1ccc(Cl)s1)C(=S)Nc1cccc(S(=O)(=O)N(C)C)c1. The maximum atomic E-state index is 12.2. The van der Waals surface area contributed by atoms with Gasteiger partial charge in [0.15, 0.2) is 5.11 Å². The number of thiophene rings is 1. The number of nitrogens with one attached hydrogen (secondary N) is 1. The van der Waals surface area contributed by atoms with Crippen molar-refractivity contribution in [3.8, 4) is 0 Å². The van der Waals surface area contributed by atoms with E-state index in [2.05, 4.69) is 5.32 Å². The standard InChI is InChI=1S/C16H20ClN3O2S3/c1-4-20(11-13-8-9-15(17)24-13)16(23)18-12-6-5-7-14(10-12)25(21,22)19(2)3/h5-10H,4,11H2,1-3H3,(H,18,23). The van der Waals surface area contributed by atoms with Gasteiger partial charge in [-0.1, -0.05) is 17.7 Å². The van der Waals surface area contributed by atoms with E-state index >= 15 is 0 Å². The number of nitrogens with zero attached hydrogens (tertiary/aromatic N) is 2. The van der Waals surface area contributed by atoms with Crippen molar-refractivity contribution in [3.05, 3.63) is 45.6 Å². The van der Waals surface area contributed by atoms with Crippen molar-refractivity contribution >= 4 is 56.0 Å². The van der Waals surface area contributed by atoms with Crippen molar-refractivity contribution in [3.63, 3.8) is 0 Å². The third kappa shape index (κ3) is 5.15. The summed E-state index contributed by atoms with van der Waals surface area (Å²) in [7, 11) is -0.473. The highest BCUT2D eigenvalue weighted by Gasteiger charge is 2.18. The zero-order valence-corrected chi connectivity index (χ0v) is 17.4. The van der Waals surface area contributed by atoms with Crippen molar-refractivity contribution in [2.75, 3.05) is 26.0 Å². The number of rotatable bonds is 6. The van der Waals surface area contributed by atoms with Crippen LogP contribution in [0.5, 0.6) is 0 Å². The molecule has 2 aromatic rings. The summed E-state index contributed by atoms with van der Waals surface area (Å²) in [6.45, 7) is 3.38. The van der Waals surface area contributed by atoms with E-state index in [0.717, 1.165) is 15.8 Å². The van der Waals surface area contributed by atoms with Crippen molar-refractivity contribution in [1.82, 2.24) is 9.21 Å². The van der Waals surface area contributed by atoms with Gasteiger partial charge in [-0.15, -0.1) is 11.3 Å². The fourth-order valence-corrected chi connectivity index (χ4v) is 4.46. The number of sulfonamides is 1. The van der Waals surface area contributed by atoms with Crippen LogP contribution in [0.2, 0.25) is 4.34 Å². The molecule has 0 fully saturated rings. The quantitative estimate of drug-likeness (QED) is 0.723. The van der Waals surface area contributed by atoms with E-state index in [9.17, 15) is 8.42 Å². The minimum absolute atomic E-state index is 0.221. The van der Waals surface area contributed by atoms with Gasteiger partial charge in [0.2, 0.25) is 10.0 Å². The van der Waals surface area contributed by atoms with Crippen LogP contribution in [0.25, 0.3) is 0 Å². The van der Waals surface area contributed by atoms with E-state index in [1.54, 1.807) is 24.3 Å². The molecule has 0 bridgehead atoms. The van der Waals surface area contributed by atoms with Gasteiger partial charge in [0.1, 0.15) is 0 Å². The molecule has 0 saturated heterocycles. The Morgan fingerprint density at radius 2 is 2.00 bits per heavy atom. The van der Waals surface area contributed by atoms with E-state index in [0.29, 0.717) is 17.3 Å². The van der Waals surface area contributed by atoms with Crippen molar-refractivity contribution in [1.29, 1.82) is 0 Å². The number of benzene rings is 1. The Hall–Kier alpha value is -1.19. The molecular formula is C16H20ClN3O2S3. The Bertz CT molecular complexity index is 850. The minimum atomic E-state index is -3.48. The Balaban J connectivity index is 2.13. The number of hydrogen-bond acceptors (Lipinski definition) is 4. The molecule has 2 rings (SSSR count). The molecule has 1 N–H and O–H groups in total. The summed E-state index contributed by atoms with van der Waals surface area (Å²) >= 11 is 13.0. The molecular weight excluding hydrogens is 398 g/mol. The van der Waals surface area contributed by atoms with Gasteiger partial charge in [-0.05, 0) is 49.5 Å². The van der Waals surface area contributed by atoms with E-state index < -0.39 is 10.0 Å². The van der Waals surface area contributed by atoms with Gasteiger partial charge in [0.05, 0.1) is 15.8 Å². The summed E-state index contributed by atoms with van der Waals surface area (Å²) < 4.78 is 26.4. The summed E-state index contributed by atoms with van der Waals surface area (Å²) in [5.74, 6) is 0. The van der Waals surface area contributed by atoms with Gasteiger partial charge in [0.25, 0.3) is 0 Å². The van der Waals surface area contributed by atoms with Crippen LogP contribution in [0.4, 0.5) is 5.69 Å². The Labute approximate surface area is 163 Å². The number of halogens is 1. The molecule has 0 aliphatic rings. The van der Waals surface area contributed by atoms with Gasteiger partial charge in [-0.25, -0.2) is 12.7 Å². The van der Waals surface area contributed by atoms with E-state index in [1.165, 1.54) is 29.7 Å². The van der Waals surface area contributed by atoms with Crippen LogP contribution in [0, 0.1) is 0 Å². The van der Waals surface area contributed by atoms with Gasteiger partial charge >= 0.3 is 0 Å². The highest BCUT2D eigenvalue weighted by molar-refractivity contribution is 7.89. The van der Waals surface area contributed by atoms with E-state index in [-0.39, 0.29) is 4.90 Å². The predicted molar refractivity (Wildman–Crippen MR) is 109 cm³/mol. The second-order valence-electron chi connectivity index (χ2n) is 5.47. The Morgan fingerprint density at radius 1 is 1.28 bits per heavy atom. The molecule has 9 heteroatoms. The molecule has 5 nitrogen and oxygen atoms in total. The lowest BCUT2D eigenvalue weighted by molar-refractivity contribution is 0.446. The molecule has 0 amide bonds. The molecule has 136 valence electrons. The molecule has 1 heterocycles. The number of anilines is 1. The van der Waals surface area contributed by atoms with Gasteiger partial charge < -0.3 is 10.2 Å². The van der Waals surface area contributed by atoms with Crippen molar-refractivity contribution in [2.45, 2.75) is 18.4 Å². The molecule has 25 heavy (non-hydrogen) atoms. The Morgan fingerprint density at radius 3 is 2.56 bits per heavy atom. The monoisotopic (exact) mass is 417 g/mol. The van der Waals surface area contributed by atoms with Crippen LogP contribution in [-0.2, 0) is 16.6 Å². The highest BCUT2D eigenvalue weighted by Crippen LogP contribution is 2.23. The summed E-state index contributed by atoms with van der Waals surface area (Å²) in [6.07, 6.45) is 0. The maximum Gasteiger partial charge on any atom is 0.242 e. The minimum Gasteiger partial charge on any atom is -0.344 e. The lowest BCUT2D eigenvalue weighted by Crippen LogP contribution is -2.33. The highest BCUT2D eigenvalue weighted by atomic mass is 35.5. The third-order valence-corrected chi connectivity index (χ3v) is 6.90. The molecule has 0 radical (unpaired) electrons. The fourth-order valence-electron chi connectivity index (χ4n) is 2.10. The first-order chi connectivity index (χ1) is 11.7. The van der Waals surface area contributed by atoms with Crippen LogP contribution in [0.15, 0.2) is 41.3 Å². The fraction of sp³-hybridized carbons (Fsp3) is 0.312. The third-order valence-electron chi connectivity index (χ3n) is 3.51. The molecule has 0 aliphatic heterocycles. The normalized spacial score (nSPS) is 11.6. The van der Waals surface area contributed by atoms with Crippen molar-refractivity contribution in [2.24, 2.45) is 0 Å². The molecule has 0 spiro atoms. The van der Waals surface area contributed by atoms with Crippen LogP contribution in [-0.4, -0.2) is 43.4 Å². The summed E-state index contributed by atoms with van der Waals surface area (Å²) in [5.41, 5.74) is 0.635. The predicted octanol–water partition coefficient (Wildman–Crippen LogP) is 3.87. The molecule has 1 aromatic carbocycles. The first-order valence-electron chi connectivity index (χ1n) is 7.56. The average molecular weight is 418 g/mol. The van der Waals surface area contributed by atoms with E-state index in [4.69, 9.17) is 23.8 Å². The topological polar surface area (TPSA) is 52.7 Å². The van der Waals surface area contributed by atoms with Gasteiger partial charge in [-0.2, -0.15) is 0 Å². The molecule has 0 aliphatic carbocycles. The average Bonchev–Trinajstić information content (AvgIpc) is 2.97. The van der Waals surface area contributed by atoms with E-state index in [1.807, 2.05) is 24.0 Å². The largest absolute Gasteiger partial charge is 0.344 e. The molecule has 0 unspecified atom stereocenters. The lowest BCUT2D eigenvalue weighted by Gasteiger charge is -2.24. The van der Waals surface area contributed by atoms with Crippen LogP contribution in [0.3, 0.4) is 0 Å². The first kappa shape index (κ1) is 20.1. The number of thiocarbonyl (C=S) groups is 1. The zero-order chi connectivity index (χ0) is 18.6. The van der Waals surface area contributed by atoms with Gasteiger partial charge in [-0.3, -0.25) is 0 Å². The Kier molecular flexibility index (Phi) is 6.81. The summed E-state index contributed by atoms with van der Waals surface area (Å²) in [4.78, 5) is 3.32.